The highest BCUT2D eigenvalue weighted by Gasteiger charge is 2.30. The first-order valence-corrected chi connectivity index (χ1v) is 8.71. The summed E-state index contributed by atoms with van der Waals surface area (Å²) in [6.07, 6.45) is 5.52. The molecule has 1 N–H and O–H groups in total. The number of carbonyl (C=O) groups excluding carboxylic acids is 1. The summed E-state index contributed by atoms with van der Waals surface area (Å²) in [5, 5.41) is 0. The van der Waals surface area contributed by atoms with Crippen LogP contribution in [0.2, 0.25) is 0 Å². The number of hydrogen-bond acceptors (Lipinski definition) is 2. The second kappa shape index (κ2) is 6.55. The van der Waals surface area contributed by atoms with Gasteiger partial charge in [-0.3, -0.25) is 4.79 Å². The lowest BCUT2D eigenvalue weighted by atomic mass is 10.1. The van der Waals surface area contributed by atoms with E-state index in [0.29, 0.717) is 0 Å². The number of H-pyrrole nitrogens is 1. The highest BCUT2D eigenvalue weighted by molar-refractivity contribution is 5.92. The summed E-state index contributed by atoms with van der Waals surface area (Å²) in [4.78, 5) is 22.7. The molecule has 3 aromatic rings. The molecule has 1 atom stereocenters. The molecule has 1 saturated heterocycles. The average Bonchev–Trinajstić information content (AvgIpc) is 3.26. The Morgan fingerprint density at radius 2 is 2.12 bits per heavy atom. The Hall–Kier alpha value is -2.88. The third kappa shape index (κ3) is 3.20. The van der Waals surface area contributed by atoms with Crippen molar-refractivity contribution in [1.29, 1.82) is 0 Å². The van der Waals surface area contributed by atoms with E-state index in [1.807, 2.05) is 47.4 Å². The van der Waals surface area contributed by atoms with E-state index >= 15 is 0 Å². The Kier molecular flexibility index (Phi) is 4.10. The lowest BCUT2D eigenvalue weighted by Gasteiger charge is -2.21. The third-order valence-corrected chi connectivity index (χ3v) is 4.72. The molecule has 1 unspecified atom stereocenters. The molecule has 1 aromatic heterocycles. The highest BCUT2D eigenvalue weighted by Crippen LogP contribution is 2.31. The number of carbonyl (C=O) groups is 1. The lowest BCUT2D eigenvalue weighted by Crippen LogP contribution is -2.29. The predicted octanol–water partition coefficient (Wildman–Crippen LogP) is 4.25. The van der Waals surface area contributed by atoms with E-state index in [1.54, 1.807) is 6.08 Å². The Bertz CT molecular complexity index is 908. The third-order valence-electron chi connectivity index (χ3n) is 4.72. The normalized spacial score (nSPS) is 17.6. The maximum Gasteiger partial charge on any atom is 0.247 e. The van der Waals surface area contributed by atoms with E-state index in [4.69, 9.17) is 0 Å². The van der Waals surface area contributed by atoms with Gasteiger partial charge in [0.2, 0.25) is 5.91 Å². The standard InChI is InChI=1S/C21H21N3O/c1-15-6-4-7-16(14-15)11-12-20(25)24-13-5-10-19(24)21-22-17-8-2-3-9-18(17)23-21/h2-4,6-9,11-12,14,19H,5,10,13H2,1H3,(H,22,23). The molecule has 0 aliphatic carbocycles. The van der Waals surface area contributed by atoms with Crippen molar-refractivity contribution in [2.45, 2.75) is 25.8 Å². The van der Waals surface area contributed by atoms with Crippen molar-refractivity contribution >= 4 is 23.0 Å². The number of nitrogens with zero attached hydrogens (tertiary/aromatic N) is 2. The van der Waals surface area contributed by atoms with E-state index in [0.717, 1.165) is 41.8 Å². The van der Waals surface area contributed by atoms with Crippen LogP contribution in [0.5, 0.6) is 0 Å². The predicted molar refractivity (Wildman–Crippen MR) is 100.0 cm³/mol. The summed E-state index contributed by atoms with van der Waals surface area (Å²) in [7, 11) is 0. The molecule has 25 heavy (non-hydrogen) atoms. The molecule has 4 heteroatoms. The van der Waals surface area contributed by atoms with Crippen LogP contribution < -0.4 is 0 Å². The van der Waals surface area contributed by atoms with E-state index in [9.17, 15) is 4.79 Å². The molecule has 0 spiro atoms. The molecule has 2 heterocycles. The summed E-state index contributed by atoms with van der Waals surface area (Å²) in [6, 6.07) is 16.2. The number of rotatable bonds is 3. The van der Waals surface area contributed by atoms with Gasteiger partial charge in [0.25, 0.3) is 0 Å². The number of nitrogens with one attached hydrogen (secondary N) is 1. The number of benzene rings is 2. The van der Waals surface area contributed by atoms with E-state index in [-0.39, 0.29) is 11.9 Å². The number of amides is 1. The summed E-state index contributed by atoms with van der Waals surface area (Å²) in [6.45, 7) is 2.83. The van der Waals surface area contributed by atoms with Gasteiger partial charge in [-0.05, 0) is 43.5 Å². The SMILES string of the molecule is Cc1cccc(C=CC(=O)N2CCCC2c2nc3ccccc3[nH]2)c1. The van der Waals surface area contributed by atoms with Crippen LogP contribution in [0, 0.1) is 6.92 Å². The van der Waals surface area contributed by atoms with Crippen molar-refractivity contribution in [2.24, 2.45) is 0 Å². The molecule has 0 radical (unpaired) electrons. The minimum atomic E-state index is 0.0297. The average molecular weight is 331 g/mol. The van der Waals surface area contributed by atoms with E-state index in [1.165, 1.54) is 5.56 Å². The number of fused-ring (bicyclic) bond motifs is 1. The Labute approximate surface area is 147 Å². The van der Waals surface area contributed by atoms with Crippen LogP contribution in [0.25, 0.3) is 17.1 Å². The molecule has 1 fully saturated rings. The molecule has 4 rings (SSSR count). The minimum Gasteiger partial charge on any atom is -0.340 e. The van der Waals surface area contributed by atoms with Gasteiger partial charge in [-0.1, -0.05) is 42.0 Å². The van der Waals surface area contributed by atoms with Crippen molar-refractivity contribution in [3.8, 4) is 0 Å². The number of aryl methyl sites for hydroxylation is 1. The lowest BCUT2D eigenvalue weighted by molar-refractivity contribution is -0.126. The molecule has 126 valence electrons. The molecule has 2 aromatic carbocycles. The van der Waals surface area contributed by atoms with Crippen molar-refractivity contribution < 1.29 is 4.79 Å². The van der Waals surface area contributed by atoms with Crippen molar-refractivity contribution in [1.82, 2.24) is 14.9 Å². The first-order chi connectivity index (χ1) is 12.2. The second-order valence-corrected chi connectivity index (χ2v) is 6.58. The minimum absolute atomic E-state index is 0.0297. The first kappa shape index (κ1) is 15.6. The molecule has 0 bridgehead atoms. The smallest absolute Gasteiger partial charge is 0.247 e. The van der Waals surface area contributed by atoms with Gasteiger partial charge < -0.3 is 9.88 Å². The van der Waals surface area contributed by atoms with Gasteiger partial charge in [0, 0.05) is 12.6 Å². The molecular formula is C21H21N3O. The topological polar surface area (TPSA) is 49.0 Å². The van der Waals surface area contributed by atoms with Crippen LogP contribution in [0.1, 0.15) is 35.8 Å². The molecular weight excluding hydrogens is 310 g/mol. The van der Waals surface area contributed by atoms with Crippen LogP contribution in [0.4, 0.5) is 0 Å². The van der Waals surface area contributed by atoms with Gasteiger partial charge in [-0.2, -0.15) is 0 Å². The maximum absolute atomic E-state index is 12.7. The maximum atomic E-state index is 12.7. The van der Waals surface area contributed by atoms with Crippen LogP contribution in [-0.2, 0) is 4.79 Å². The zero-order valence-electron chi connectivity index (χ0n) is 14.3. The Morgan fingerprint density at radius 3 is 2.96 bits per heavy atom. The van der Waals surface area contributed by atoms with E-state index in [2.05, 4.69) is 29.0 Å². The van der Waals surface area contributed by atoms with E-state index < -0.39 is 0 Å². The van der Waals surface area contributed by atoms with Gasteiger partial charge in [0.15, 0.2) is 0 Å². The Balaban J connectivity index is 1.55. The number of imidazole rings is 1. The molecule has 1 amide bonds. The fourth-order valence-electron chi connectivity index (χ4n) is 3.48. The fraction of sp³-hybridized carbons (Fsp3) is 0.238. The van der Waals surface area contributed by atoms with Crippen molar-refractivity contribution in [3.05, 3.63) is 71.6 Å². The molecule has 1 aliphatic heterocycles. The summed E-state index contributed by atoms with van der Waals surface area (Å²) >= 11 is 0. The number of para-hydroxylation sites is 2. The molecule has 4 nitrogen and oxygen atoms in total. The largest absolute Gasteiger partial charge is 0.340 e. The van der Waals surface area contributed by atoms with Crippen LogP contribution in [0.3, 0.4) is 0 Å². The van der Waals surface area contributed by atoms with Gasteiger partial charge >= 0.3 is 0 Å². The van der Waals surface area contributed by atoms with Crippen LogP contribution in [0.15, 0.2) is 54.6 Å². The number of likely N-dealkylation sites (tertiary alicyclic amines) is 1. The zero-order chi connectivity index (χ0) is 17.2. The zero-order valence-corrected chi connectivity index (χ0v) is 14.3. The molecule has 1 aliphatic rings. The highest BCUT2D eigenvalue weighted by atomic mass is 16.2. The number of hydrogen-bond donors (Lipinski definition) is 1. The van der Waals surface area contributed by atoms with Gasteiger partial charge in [0.1, 0.15) is 5.82 Å². The quantitative estimate of drug-likeness (QED) is 0.730. The van der Waals surface area contributed by atoms with Gasteiger partial charge in [0.05, 0.1) is 17.1 Å². The summed E-state index contributed by atoms with van der Waals surface area (Å²) < 4.78 is 0. The number of aromatic nitrogens is 2. The fourth-order valence-corrected chi connectivity index (χ4v) is 3.48. The summed E-state index contributed by atoms with van der Waals surface area (Å²) in [5.74, 6) is 0.931. The van der Waals surface area contributed by atoms with Crippen LogP contribution >= 0.6 is 0 Å². The molecule has 0 saturated carbocycles. The first-order valence-electron chi connectivity index (χ1n) is 8.71. The number of aromatic amines is 1. The Morgan fingerprint density at radius 1 is 1.24 bits per heavy atom. The second-order valence-electron chi connectivity index (χ2n) is 6.58. The monoisotopic (exact) mass is 331 g/mol. The van der Waals surface area contributed by atoms with Crippen molar-refractivity contribution in [2.75, 3.05) is 6.54 Å². The van der Waals surface area contributed by atoms with Gasteiger partial charge in [-0.15, -0.1) is 0 Å². The van der Waals surface area contributed by atoms with Crippen LogP contribution in [-0.4, -0.2) is 27.3 Å². The van der Waals surface area contributed by atoms with Crippen molar-refractivity contribution in [3.63, 3.8) is 0 Å². The van der Waals surface area contributed by atoms with Gasteiger partial charge in [-0.25, -0.2) is 4.98 Å². The summed E-state index contributed by atoms with van der Waals surface area (Å²) in [5.41, 5.74) is 4.21.